The Morgan fingerprint density at radius 1 is 1.00 bits per heavy atom. The van der Waals surface area contributed by atoms with Gasteiger partial charge in [-0.2, -0.15) is 9.78 Å². The van der Waals surface area contributed by atoms with Crippen LogP contribution in [0.15, 0.2) is 82.5 Å². The normalized spacial score (nSPS) is 11.2. The van der Waals surface area contributed by atoms with Gasteiger partial charge in [0, 0.05) is 35.4 Å². The van der Waals surface area contributed by atoms with Crippen molar-refractivity contribution in [1.29, 1.82) is 0 Å². The molecular weight excluding hydrogens is 440 g/mol. The molecular formula is C28H26N4O3. The summed E-state index contributed by atoms with van der Waals surface area (Å²) in [6.07, 6.45) is 3.74. The van der Waals surface area contributed by atoms with E-state index < -0.39 is 0 Å². The molecule has 0 atom stereocenters. The minimum absolute atomic E-state index is 0.118. The number of aromatic nitrogens is 3. The summed E-state index contributed by atoms with van der Waals surface area (Å²) in [5.41, 5.74) is 5.86. The molecule has 176 valence electrons. The number of hydrogen-bond acceptors (Lipinski definition) is 6. The number of nitrogens with one attached hydrogen (secondary N) is 1. The van der Waals surface area contributed by atoms with Crippen molar-refractivity contribution < 1.29 is 9.52 Å². The summed E-state index contributed by atoms with van der Waals surface area (Å²) in [6, 6.07) is 19.5. The van der Waals surface area contributed by atoms with Gasteiger partial charge < -0.3 is 14.8 Å². The van der Waals surface area contributed by atoms with E-state index in [0.29, 0.717) is 35.5 Å². The number of aliphatic hydroxyl groups is 1. The van der Waals surface area contributed by atoms with Crippen molar-refractivity contribution in [2.45, 2.75) is 20.3 Å². The van der Waals surface area contributed by atoms with Crippen LogP contribution in [-0.2, 0) is 0 Å². The van der Waals surface area contributed by atoms with E-state index in [2.05, 4.69) is 16.4 Å². The molecule has 3 aromatic carbocycles. The van der Waals surface area contributed by atoms with Gasteiger partial charge in [-0.15, -0.1) is 0 Å². The molecule has 0 amide bonds. The molecule has 5 rings (SSSR count). The number of anilines is 1. The summed E-state index contributed by atoms with van der Waals surface area (Å²) in [6.45, 7) is 4.74. The second kappa shape index (κ2) is 9.56. The van der Waals surface area contributed by atoms with Gasteiger partial charge in [0.2, 0.25) is 0 Å². The van der Waals surface area contributed by atoms with Gasteiger partial charge in [0.15, 0.2) is 12.2 Å². The van der Waals surface area contributed by atoms with Gasteiger partial charge in [0.05, 0.1) is 23.0 Å². The summed E-state index contributed by atoms with van der Waals surface area (Å²) < 4.78 is 7.01. The zero-order valence-corrected chi connectivity index (χ0v) is 19.7. The van der Waals surface area contributed by atoms with Crippen LogP contribution in [0, 0.1) is 13.8 Å². The molecule has 2 N–H and O–H groups in total. The number of nitrogens with zero attached hydrogens (tertiary/aromatic N) is 3. The third kappa shape index (κ3) is 4.46. The van der Waals surface area contributed by atoms with Crippen molar-refractivity contribution in [1.82, 2.24) is 14.8 Å². The zero-order chi connectivity index (χ0) is 24.4. The monoisotopic (exact) mass is 466 g/mol. The highest BCUT2D eigenvalue weighted by Gasteiger charge is 2.16. The molecule has 5 aromatic rings. The van der Waals surface area contributed by atoms with Gasteiger partial charge in [-0.1, -0.05) is 24.3 Å². The molecule has 0 aliphatic rings. The van der Waals surface area contributed by atoms with Crippen LogP contribution in [0.25, 0.3) is 39.0 Å². The maximum absolute atomic E-state index is 13.6. The Morgan fingerprint density at radius 3 is 2.57 bits per heavy atom. The van der Waals surface area contributed by atoms with Crippen molar-refractivity contribution in [3.63, 3.8) is 0 Å². The van der Waals surface area contributed by atoms with Crippen LogP contribution < -0.4 is 10.9 Å². The number of hydrogen-bond donors (Lipinski definition) is 2. The quantitative estimate of drug-likeness (QED) is 0.324. The Labute approximate surface area is 202 Å². The molecule has 0 aliphatic heterocycles. The van der Waals surface area contributed by atoms with Crippen LogP contribution in [0.3, 0.4) is 0 Å². The van der Waals surface area contributed by atoms with E-state index in [1.54, 1.807) is 6.20 Å². The standard InChI is InChI=1S/C28H26N4O3/c1-18-12-20(26-16-29-17-35-26)14-21(13-18)27-23-6-3-4-7-24(23)28(34)32(31-27)25-15-22(9-8-19(25)2)30-10-5-11-33/h3-4,6-9,12-17,30,33H,5,10-11H2,1-2H3. The van der Waals surface area contributed by atoms with E-state index in [0.717, 1.165) is 33.3 Å². The van der Waals surface area contributed by atoms with Gasteiger partial charge in [0.25, 0.3) is 5.56 Å². The largest absolute Gasteiger partial charge is 0.444 e. The van der Waals surface area contributed by atoms with Crippen LogP contribution >= 0.6 is 0 Å². The third-order valence-electron chi connectivity index (χ3n) is 5.97. The molecule has 0 spiro atoms. The minimum Gasteiger partial charge on any atom is -0.444 e. The van der Waals surface area contributed by atoms with Gasteiger partial charge in [-0.05, 0) is 67.8 Å². The van der Waals surface area contributed by atoms with Gasteiger partial charge >= 0.3 is 0 Å². The molecule has 0 saturated carbocycles. The highest BCUT2D eigenvalue weighted by molar-refractivity contribution is 5.94. The Morgan fingerprint density at radius 2 is 1.80 bits per heavy atom. The maximum Gasteiger partial charge on any atom is 0.279 e. The molecule has 35 heavy (non-hydrogen) atoms. The SMILES string of the molecule is Cc1cc(-c2cnco2)cc(-c2nn(-c3cc(NCCCO)ccc3C)c(=O)c3ccccc23)c1. The Balaban J connectivity index is 1.72. The van der Waals surface area contributed by atoms with E-state index in [9.17, 15) is 4.79 Å². The highest BCUT2D eigenvalue weighted by Crippen LogP contribution is 2.31. The predicted molar refractivity (Wildman–Crippen MR) is 138 cm³/mol. The lowest BCUT2D eigenvalue weighted by Crippen LogP contribution is -2.23. The van der Waals surface area contributed by atoms with E-state index in [1.807, 2.05) is 68.4 Å². The fraction of sp³-hybridized carbons (Fsp3) is 0.179. The fourth-order valence-electron chi connectivity index (χ4n) is 4.25. The summed E-state index contributed by atoms with van der Waals surface area (Å²) in [4.78, 5) is 17.6. The van der Waals surface area contributed by atoms with E-state index in [4.69, 9.17) is 14.6 Å². The van der Waals surface area contributed by atoms with Crippen molar-refractivity contribution in [2.24, 2.45) is 0 Å². The van der Waals surface area contributed by atoms with Crippen molar-refractivity contribution in [3.05, 3.63) is 94.7 Å². The van der Waals surface area contributed by atoms with Crippen LogP contribution in [-0.4, -0.2) is 33.0 Å². The average molecular weight is 467 g/mol. The predicted octanol–water partition coefficient (Wildman–Crippen LogP) is 5.12. The molecule has 0 radical (unpaired) electrons. The highest BCUT2D eigenvalue weighted by atomic mass is 16.3. The number of oxazole rings is 1. The average Bonchev–Trinajstić information content (AvgIpc) is 3.41. The van der Waals surface area contributed by atoms with E-state index in [-0.39, 0.29) is 12.2 Å². The first-order chi connectivity index (χ1) is 17.0. The molecule has 2 heterocycles. The first-order valence-electron chi connectivity index (χ1n) is 11.5. The third-order valence-corrected chi connectivity index (χ3v) is 5.97. The number of fused-ring (bicyclic) bond motifs is 1. The molecule has 0 saturated heterocycles. The Hall–Kier alpha value is -4.23. The van der Waals surface area contributed by atoms with Gasteiger partial charge in [0.1, 0.15) is 0 Å². The fourth-order valence-corrected chi connectivity index (χ4v) is 4.25. The zero-order valence-electron chi connectivity index (χ0n) is 19.7. The van der Waals surface area contributed by atoms with Crippen molar-refractivity contribution >= 4 is 16.5 Å². The lowest BCUT2D eigenvalue weighted by atomic mass is 9.99. The molecule has 0 bridgehead atoms. The van der Waals surface area contributed by atoms with Gasteiger partial charge in [-0.25, -0.2) is 4.98 Å². The molecule has 0 unspecified atom stereocenters. The first kappa shape index (κ1) is 22.6. The lowest BCUT2D eigenvalue weighted by molar-refractivity contribution is 0.292. The van der Waals surface area contributed by atoms with Gasteiger partial charge in [-0.3, -0.25) is 4.79 Å². The first-order valence-corrected chi connectivity index (χ1v) is 11.5. The van der Waals surface area contributed by atoms with Crippen LogP contribution in [0.4, 0.5) is 5.69 Å². The molecule has 7 nitrogen and oxygen atoms in total. The van der Waals surface area contributed by atoms with Crippen LogP contribution in [0.5, 0.6) is 0 Å². The Kier molecular flexibility index (Phi) is 6.16. The molecule has 7 heteroatoms. The van der Waals surface area contributed by atoms with Crippen LogP contribution in [0.1, 0.15) is 17.5 Å². The number of benzene rings is 3. The summed E-state index contributed by atoms with van der Waals surface area (Å²) in [5.74, 6) is 0.671. The second-order valence-corrected chi connectivity index (χ2v) is 8.57. The Bertz CT molecular complexity index is 1560. The summed E-state index contributed by atoms with van der Waals surface area (Å²) >= 11 is 0. The topological polar surface area (TPSA) is 93.2 Å². The number of rotatable bonds is 7. The number of aryl methyl sites for hydroxylation is 2. The van der Waals surface area contributed by atoms with E-state index >= 15 is 0 Å². The smallest absolute Gasteiger partial charge is 0.279 e. The summed E-state index contributed by atoms with van der Waals surface area (Å²) in [7, 11) is 0. The lowest BCUT2D eigenvalue weighted by Gasteiger charge is -2.15. The molecule has 2 aromatic heterocycles. The number of aliphatic hydroxyl groups excluding tert-OH is 1. The molecule has 0 fully saturated rings. The van der Waals surface area contributed by atoms with Crippen molar-refractivity contribution in [2.75, 3.05) is 18.5 Å². The van der Waals surface area contributed by atoms with Crippen LogP contribution in [0.2, 0.25) is 0 Å². The minimum atomic E-state index is -0.178. The summed E-state index contributed by atoms with van der Waals surface area (Å²) in [5, 5.41) is 18.7. The van der Waals surface area contributed by atoms with Crippen molar-refractivity contribution in [3.8, 4) is 28.3 Å². The second-order valence-electron chi connectivity index (χ2n) is 8.57. The maximum atomic E-state index is 13.6. The van der Waals surface area contributed by atoms with E-state index in [1.165, 1.54) is 11.1 Å². The molecule has 0 aliphatic carbocycles.